The van der Waals surface area contributed by atoms with Gasteiger partial charge in [-0.3, -0.25) is 9.20 Å². The monoisotopic (exact) mass is 242 g/mol. The summed E-state index contributed by atoms with van der Waals surface area (Å²) in [4.78, 5) is 17.4. The summed E-state index contributed by atoms with van der Waals surface area (Å²) in [6.45, 7) is 1.56. The highest BCUT2D eigenvalue weighted by Gasteiger charge is 2.38. The summed E-state index contributed by atoms with van der Waals surface area (Å²) in [5.41, 5.74) is -3.03. The summed E-state index contributed by atoms with van der Waals surface area (Å²) >= 11 is 0. The van der Waals surface area contributed by atoms with Crippen LogP contribution in [0.3, 0.4) is 0 Å². The van der Waals surface area contributed by atoms with E-state index in [1.54, 1.807) is 6.92 Å². The first-order valence-corrected chi connectivity index (χ1v) is 4.44. The second-order valence-electron chi connectivity index (χ2n) is 3.38. The van der Waals surface area contributed by atoms with E-state index in [9.17, 15) is 18.0 Å². The minimum atomic E-state index is -4.84. The lowest BCUT2D eigenvalue weighted by Gasteiger charge is -2.06. The number of fused-ring (bicyclic) bond motifs is 1. The van der Waals surface area contributed by atoms with E-state index in [4.69, 9.17) is 5.26 Å². The molecule has 1 N–H and O–H groups in total. The maximum Gasteiger partial charge on any atom is 0.435 e. The molecule has 2 rings (SSSR count). The van der Waals surface area contributed by atoms with Crippen molar-refractivity contribution in [2.24, 2.45) is 0 Å². The Bertz CT molecular complexity index is 689. The van der Waals surface area contributed by atoms with Gasteiger partial charge in [-0.1, -0.05) is 0 Å². The van der Waals surface area contributed by atoms with Gasteiger partial charge in [0.1, 0.15) is 11.6 Å². The summed E-state index contributed by atoms with van der Waals surface area (Å²) in [6, 6.07) is 1.24. The normalized spacial score (nSPS) is 11.7. The van der Waals surface area contributed by atoms with Crippen LogP contribution in [0, 0.1) is 18.3 Å². The lowest BCUT2D eigenvalue weighted by molar-refractivity contribution is -0.141. The van der Waals surface area contributed by atoms with Crippen LogP contribution in [0.5, 0.6) is 0 Å². The quantitative estimate of drug-likeness (QED) is 0.754. The van der Waals surface area contributed by atoms with Crippen molar-refractivity contribution in [2.45, 2.75) is 13.1 Å². The number of rotatable bonds is 0. The maximum absolute atomic E-state index is 12.6. The summed E-state index contributed by atoms with van der Waals surface area (Å²) in [7, 11) is 0. The maximum atomic E-state index is 12.6. The van der Waals surface area contributed by atoms with E-state index < -0.39 is 23.0 Å². The Morgan fingerprint density at radius 1 is 1.53 bits per heavy atom. The van der Waals surface area contributed by atoms with E-state index in [-0.39, 0.29) is 5.78 Å². The topological polar surface area (TPSA) is 73.9 Å². The van der Waals surface area contributed by atoms with Crippen LogP contribution in [0.4, 0.5) is 13.2 Å². The van der Waals surface area contributed by atoms with Gasteiger partial charge in [0.15, 0.2) is 5.69 Å². The highest BCUT2D eigenvalue weighted by Crippen LogP contribution is 2.29. The van der Waals surface area contributed by atoms with Crippen molar-refractivity contribution < 1.29 is 13.2 Å². The highest BCUT2D eigenvalue weighted by atomic mass is 19.4. The van der Waals surface area contributed by atoms with Crippen molar-refractivity contribution in [3.63, 3.8) is 0 Å². The van der Waals surface area contributed by atoms with Gasteiger partial charge in [0.25, 0.3) is 5.56 Å². The van der Waals surface area contributed by atoms with Crippen LogP contribution in [0.25, 0.3) is 5.78 Å². The fraction of sp³-hybridized carbons (Fsp3) is 0.222. The van der Waals surface area contributed by atoms with E-state index in [1.807, 2.05) is 0 Å². The first kappa shape index (κ1) is 11.2. The molecule has 0 aliphatic carbocycles. The molecule has 0 fully saturated rings. The number of halogens is 3. The average Bonchev–Trinajstić information content (AvgIpc) is 2.57. The van der Waals surface area contributed by atoms with Gasteiger partial charge in [0.05, 0.1) is 0 Å². The summed E-state index contributed by atoms with van der Waals surface area (Å²) in [5, 5.41) is 8.62. The smallest absolute Gasteiger partial charge is 0.328 e. The molecule has 0 bridgehead atoms. The minimum absolute atomic E-state index is 0.237. The van der Waals surface area contributed by atoms with Gasteiger partial charge in [0.2, 0.25) is 5.78 Å². The molecule has 0 radical (unpaired) electrons. The molecule has 2 heterocycles. The van der Waals surface area contributed by atoms with Crippen molar-refractivity contribution in [2.75, 3.05) is 0 Å². The van der Waals surface area contributed by atoms with Gasteiger partial charge in [-0.25, -0.2) is 4.98 Å². The molecular formula is C9H5F3N4O. The van der Waals surface area contributed by atoms with Crippen molar-refractivity contribution in [3.05, 3.63) is 33.5 Å². The lowest BCUT2D eigenvalue weighted by Crippen LogP contribution is -2.24. The fourth-order valence-corrected chi connectivity index (χ4v) is 1.45. The first-order chi connectivity index (χ1) is 7.84. The SMILES string of the molecule is Cc1cn2c(=O)c(C#N)c(C(F)(F)F)nc2[nH]1. The largest absolute Gasteiger partial charge is 0.435 e. The number of aromatic nitrogens is 3. The Labute approximate surface area is 92.1 Å². The third kappa shape index (κ3) is 1.65. The molecule has 5 nitrogen and oxygen atoms in total. The number of imidazole rings is 1. The molecule has 0 saturated heterocycles. The van der Waals surface area contributed by atoms with Gasteiger partial charge in [-0.2, -0.15) is 18.4 Å². The second kappa shape index (κ2) is 3.35. The molecule has 0 aliphatic rings. The van der Waals surface area contributed by atoms with Crippen molar-refractivity contribution in [3.8, 4) is 6.07 Å². The molecular weight excluding hydrogens is 237 g/mol. The van der Waals surface area contributed by atoms with Crippen molar-refractivity contribution in [1.29, 1.82) is 5.26 Å². The number of aryl methyl sites for hydroxylation is 1. The summed E-state index contributed by atoms with van der Waals surface area (Å²) in [6.07, 6.45) is -3.55. The van der Waals surface area contributed by atoms with Crippen LogP contribution < -0.4 is 5.56 Å². The highest BCUT2D eigenvalue weighted by molar-refractivity contribution is 5.41. The van der Waals surface area contributed by atoms with Crippen molar-refractivity contribution >= 4 is 5.78 Å². The van der Waals surface area contributed by atoms with E-state index in [2.05, 4.69) is 9.97 Å². The molecule has 0 saturated carbocycles. The Hall–Kier alpha value is -2.30. The second-order valence-corrected chi connectivity index (χ2v) is 3.38. The van der Waals surface area contributed by atoms with Crippen LogP contribution in [0.1, 0.15) is 17.0 Å². The predicted molar refractivity (Wildman–Crippen MR) is 50.3 cm³/mol. The zero-order valence-electron chi connectivity index (χ0n) is 8.46. The van der Waals surface area contributed by atoms with E-state index >= 15 is 0 Å². The molecule has 0 atom stereocenters. The molecule has 8 heteroatoms. The number of nitrogens with one attached hydrogen (secondary N) is 1. The van der Waals surface area contributed by atoms with Crippen molar-refractivity contribution in [1.82, 2.24) is 14.4 Å². The number of alkyl halides is 3. The standard InChI is InChI=1S/C9H5F3N4O/c1-4-3-16-7(17)5(2-13)6(9(10,11)12)15-8(16)14-4/h3H,1H3,(H,14,15). The Morgan fingerprint density at radius 3 is 2.71 bits per heavy atom. The number of hydrogen-bond acceptors (Lipinski definition) is 3. The van der Waals surface area contributed by atoms with Crippen LogP contribution >= 0.6 is 0 Å². The zero-order valence-corrected chi connectivity index (χ0v) is 8.46. The van der Waals surface area contributed by atoms with Gasteiger partial charge >= 0.3 is 6.18 Å². The molecule has 0 aromatic carbocycles. The number of H-pyrrole nitrogens is 1. The predicted octanol–water partition coefficient (Wildman–Crippen LogP) is 1.22. The average molecular weight is 242 g/mol. The third-order valence-electron chi connectivity index (χ3n) is 2.13. The molecule has 0 spiro atoms. The molecule has 88 valence electrons. The number of aromatic amines is 1. The van der Waals surface area contributed by atoms with Crippen LogP contribution in [0.15, 0.2) is 11.0 Å². The fourth-order valence-electron chi connectivity index (χ4n) is 1.45. The van der Waals surface area contributed by atoms with Gasteiger partial charge in [0, 0.05) is 11.9 Å². The zero-order chi connectivity index (χ0) is 12.8. The molecule has 2 aromatic heterocycles. The van der Waals surface area contributed by atoms with Crippen LogP contribution in [0.2, 0.25) is 0 Å². The summed E-state index contributed by atoms with van der Waals surface area (Å²) in [5.74, 6) is -0.237. The molecule has 17 heavy (non-hydrogen) atoms. The Morgan fingerprint density at radius 2 is 2.18 bits per heavy atom. The lowest BCUT2D eigenvalue weighted by atomic mass is 10.2. The minimum Gasteiger partial charge on any atom is -0.328 e. The van der Waals surface area contributed by atoms with Crippen LogP contribution in [-0.2, 0) is 6.18 Å². The molecule has 0 unspecified atom stereocenters. The number of nitrogens with zero attached hydrogens (tertiary/aromatic N) is 3. The Balaban J connectivity index is 2.96. The third-order valence-corrected chi connectivity index (χ3v) is 2.13. The molecule has 2 aromatic rings. The number of hydrogen-bond donors (Lipinski definition) is 1. The van der Waals surface area contributed by atoms with Crippen LogP contribution in [-0.4, -0.2) is 14.4 Å². The van der Waals surface area contributed by atoms with E-state index in [1.165, 1.54) is 12.3 Å². The summed E-state index contributed by atoms with van der Waals surface area (Å²) < 4.78 is 38.6. The van der Waals surface area contributed by atoms with E-state index in [0.29, 0.717) is 5.69 Å². The molecule has 0 aliphatic heterocycles. The Kier molecular flexibility index (Phi) is 2.20. The molecule has 0 amide bonds. The van der Waals surface area contributed by atoms with Gasteiger partial charge < -0.3 is 4.98 Å². The van der Waals surface area contributed by atoms with Gasteiger partial charge in [-0.05, 0) is 6.92 Å². The number of nitriles is 1. The van der Waals surface area contributed by atoms with E-state index in [0.717, 1.165) is 4.40 Å². The first-order valence-electron chi connectivity index (χ1n) is 4.44. The van der Waals surface area contributed by atoms with Gasteiger partial charge in [-0.15, -0.1) is 0 Å².